The number of hydrogen-bond acceptors (Lipinski definition) is 4. The molecule has 1 aromatic carbocycles. The van der Waals surface area contributed by atoms with Crippen molar-refractivity contribution in [3.05, 3.63) is 33.6 Å². The highest BCUT2D eigenvalue weighted by Crippen LogP contribution is 2.17. The number of thioether (sulfide) groups is 1. The van der Waals surface area contributed by atoms with Gasteiger partial charge in [0, 0.05) is 17.3 Å². The molecule has 0 amide bonds. The van der Waals surface area contributed by atoms with Gasteiger partial charge in [-0.25, -0.2) is 4.98 Å². The van der Waals surface area contributed by atoms with Gasteiger partial charge in [-0.15, -0.1) is 0 Å². The van der Waals surface area contributed by atoms with E-state index in [1.807, 2.05) is 0 Å². The molecule has 0 saturated heterocycles. The van der Waals surface area contributed by atoms with E-state index < -0.39 is 0 Å². The van der Waals surface area contributed by atoms with Gasteiger partial charge in [-0.05, 0) is 18.2 Å². The minimum Gasteiger partial charge on any atom is -0.330 e. The van der Waals surface area contributed by atoms with Crippen LogP contribution in [-0.2, 0) is 0 Å². The lowest BCUT2D eigenvalue weighted by molar-refractivity contribution is 0.971. The summed E-state index contributed by atoms with van der Waals surface area (Å²) >= 11 is 7.27. The van der Waals surface area contributed by atoms with Gasteiger partial charge in [-0.3, -0.25) is 4.79 Å². The molecular formula is C10H10ClN3OS. The zero-order chi connectivity index (χ0) is 11.5. The van der Waals surface area contributed by atoms with Crippen LogP contribution in [0.25, 0.3) is 10.9 Å². The number of aromatic amines is 1. The molecule has 0 atom stereocenters. The van der Waals surface area contributed by atoms with Gasteiger partial charge in [0.25, 0.3) is 5.56 Å². The van der Waals surface area contributed by atoms with Gasteiger partial charge in [-0.1, -0.05) is 23.4 Å². The molecule has 16 heavy (non-hydrogen) atoms. The predicted molar refractivity (Wildman–Crippen MR) is 67.2 cm³/mol. The first-order valence-electron chi connectivity index (χ1n) is 4.73. The lowest BCUT2D eigenvalue weighted by Crippen LogP contribution is -2.10. The van der Waals surface area contributed by atoms with Gasteiger partial charge >= 0.3 is 0 Å². The molecule has 0 fully saturated rings. The summed E-state index contributed by atoms with van der Waals surface area (Å²) in [5.41, 5.74) is 5.84. The summed E-state index contributed by atoms with van der Waals surface area (Å²) in [5.74, 6) is 0.717. The van der Waals surface area contributed by atoms with Crippen molar-refractivity contribution in [2.45, 2.75) is 5.16 Å². The monoisotopic (exact) mass is 255 g/mol. The number of rotatable bonds is 3. The van der Waals surface area contributed by atoms with Crippen LogP contribution in [0.5, 0.6) is 0 Å². The molecule has 2 rings (SSSR count). The Bertz CT molecular complexity index is 569. The molecular weight excluding hydrogens is 246 g/mol. The van der Waals surface area contributed by atoms with Crippen molar-refractivity contribution in [1.29, 1.82) is 0 Å². The zero-order valence-electron chi connectivity index (χ0n) is 8.37. The zero-order valence-corrected chi connectivity index (χ0v) is 9.94. The third kappa shape index (κ3) is 2.37. The summed E-state index contributed by atoms with van der Waals surface area (Å²) in [6.07, 6.45) is 0. The van der Waals surface area contributed by atoms with E-state index in [0.717, 1.165) is 5.75 Å². The van der Waals surface area contributed by atoms with Crippen LogP contribution in [0.4, 0.5) is 0 Å². The number of hydrogen-bond donors (Lipinski definition) is 2. The fraction of sp³-hybridized carbons (Fsp3) is 0.200. The van der Waals surface area contributed by atoms with Gasteiger partial charge in [0.2, 0.25) is 0 Å². The summed E-state index contributed by atoms with van der Waals surface area (Å²) < 4.78 is 0. The second-order valence-electron chi connectivity index (χ2n) is 3.17. The highest BCUT2D eigenvalue weighted by molar-refractivity contribution is 7.99. The molecule has 3 N–H and O–H groups in total. The second-order valence-corrected chi connectivity index (χ2v) is 4.69. The van der Waals surface area contributed by atoms with E-state index in [1.165, 1.54) is 11.8 Å². The van der Waals surface area contributed by atoms with Crippen LogP contribution < -0.4 is 11.3 Å². The molecule has 0 bridgehead atoms. The van der Waals surface area contributed by atoms with Crippen molar-refractivity contribution in [2.75, 3.05) is 12.3 Å². The van der Waals surface area contributed by atoms with Gasteiger partial charge in [0.05, 0.1) is 10.9 Å². The van der Waals surface area contributed by atoms with Crippen LogP contribution in [0.2, 0.25) is 5.02 Å². The Hall–Kier alpha value is -1.04. The maximum absolute atomic E-state index is 11.7. The summed E-state index contributed by atoms with van der Waals surface area (Å²) in [6, 6.07) is 5.02. The van der Waals surface area contributed by atoms with E-state index in [1.54, 1.807) is 18.2 Å². The second kappa shape index (κ2) is 4.86. The van der Waals surface area contributed by atoms with E-state index in [4.69, 9.17) is 17.3 Å². The molecule has 4 nitrogen and oxygen atoms in total. The molecule has 84 valence electrons. The molecule has 0 unspecified atom stereocenters. The van der Waals surface area contributed by atoms with Crippen LogP contribution >= 0.6 is 23.4 Å². The largest absolute Gasteiger partial charge is 0.330 e. The number of nitrogens with two attached hydrogens (primary N) is 1. The molecule has 2 aromatic rings. The average molecular weight is 256 g/mol. The topological polar surface area (TPSA) is 71.8 Å². The van der Waals surface area contributed by atoms with Crippen LogP contribution in [0.15, 0.2) is 28.2 Å². The van der Waals surface area contributed by atoms with E-state index >= 15 is 0 Å². The Labute approximate surface area is 101 Å². The van der Waals surface area contributed by atoms with Crippen LogP contribution in [0.3, 0.4) is 0 Å². The highest BCUT2D eigenvalue weighted by Gasteiger charge is 2.04. The van der Waals surface area contributed by atoms with Crippen LogP contribution in [0.1, 0.15) is 0 Å². The molecule has 0 aliphatic rings. The Morgan fingerprint density at radius 2 is 2.31 bits per heavy atom. The third-order valence-electron chi connectivity index (χ3n) is 2.00. The number of H-pyrrole nitrogens is 1. The number of fused-ring (bicyclic) bond motifs is 1. The first kappa shape index (κ1) is 11.4. The molecule has 0 spiro atoms. The molecule has 0 aliphatic carbocycles. The Morgan fingerprint density at radius 3 is 3.06 bits per heavy atom. The Morgan fingerprint density at radius 1 is 1.50 bits per heavy atom. The molecule has 0 aliphatic heterocycles. The SMILES string of the molecule is NCCSc1nc2cc(Cl)ccc2c(=O)[nH]1. The maximum atomic E-state index is 11.7. The molecule has 0 saturated carbocycles. The summed E-state index contributed by atoms with van der Waals surface area (Å²) in [4.78, 5) is 18.7. The normalized spacial score (nSPS) is 10.9. The number of aromatic nitrogens is 2. The first-order valence-corrected chi connectivity index (χ1v) is 6.09. The van der Waals surface area contributed by atoms with Crippen molar-refractivity contribution >= 4 is 34.3 Å². The molecule has 6 heteroatoms. The molecule has 1 heterocycles. The molecule has 1 aromatic heterocycles. The van der Waals surface area contributed by atoms with Gasteiger partial charge in [0.15, 0.2) is 5.16 Å². The lowest BCUT2D eigenvalue weighted by atomic mass is 10.2. The predicted octanol–water partition coefficient (Wildman–Crippen LogP) is 1.63. The van der Waals surface area contributed by atoms with Gasteiger partial charge in [0.1, 0.15) is 0 Å². The lowest BCUT2D eigenvalue weighted by Gasteiger charge is -2.01. The maximum Gasteiger partial charge on any atom is 0.259 e. The van der Waals surface area contributed by atoms with E-state index in [0.29, 0.717) is 27.6 Å². The van der Waals surface area contributed by atoms with Gasteiger partial charge < -0.3 is 10.7 Å². The molecule has 0 radical (unpaired) electrons. The minimum atomic E-state index is -0.152. The number of nitrogens with zero attached hydrogens (tertiary/aromatic N) is 1. The number of nitrogens with one attached hydrogen (secondary N) is 1. The van der Waals surface area contributed by atoms with E-state index in [9.17, 15) is 4.79 Å². The first-order chi connectivity index (χ1) is 7.70. The summed E-state index contributed by atoms with van der Waals surface area (Å²) in [6.45, 7) is 0.544. The quantitative estimate of drug-likeness (QED) is 0.646. The van der Waals surface area contributed by atoms with E-state index in [2.05, 4.69) is 9.97 Å². The Kier molecular flexibility index (Phi) is 3.48. The fourth-order valence-electron chi connectivity index (χ4n) is 1.32. The number of benzene rings is 1. The van der Waals surface area contributed by atoms with Crippen molar-refractivity contribution in [2.24, 2.45) is 5.73 Å². The van der Waals surface area contributed by atoms with Crippen molar-refractivity contribution < 1.29 is 0 Å². The van der Waals surface area contributed by atoms with Gasteiger partial charge in [-0.2, -0.15) is 0 Å². The Balaban J connectivity index is 2.52. The number of halogens is 1. The third-order valence-corrected chi connectivity index (χ3v) is 3.15. The van der Waals surface area contributed by atoms with Crippen LogP contribution in [0, 0.1) is 0 Å². The average Bonchev–Trinajstić information content (AvgIpc) is 2.25. The minimum absolute atomic E-state index is 0.152. The standard InChI is InChI=1S/C10H10ClN3OS/c11-6-1-2-7-8(5-6)13-10(14-9(7)15)16-4-3-12/h1-2,5H,3-4,12H2,(H,13,14,15). The summed E-state index contributed by atoms with van der Waals surface area (Å²) in [5, 5.41) is 1.69. The van der Waals surface area contributed by atoms with E-state index in [-0.39, 0.29) is 5.56 Å². The van der Waals surface area contributed by atoms with Crippen LogP contribution in [-0.4, -0.2) is 22.3 Å². The fourth-order valence-corrected chi connectivity index (χ4v) is 2.12. The smallest absolute Gasteiger partial charge is 0.259 e. The van der Waals surface area contributed by atoms with Crippen molar-refractivity contribution in [3.8, 4) is 0 Å². The van der Waals surface area contributed by atoms with Crippen molar-refractivity contribution in [1.82, 2.24) is 9.97 Å². The summed E-state index contributed by atoms with van der Waals surface area (Å²) in [7, 11) is 0. The highest BCUT2D eigenvalue weighted by atomic mass is 35.5. The van der Waals surface area contributed by atoms with Crippen molar-refractivity contribution in [3.63, 3.8) is 0 Å².